The molecular formula is C11H10FN3OS. The molecule has 17 heavy (non-hydrogen) atoms. The summed E-state index contributed by atoms with van der Waals surface area (Å²) in [5.74, 6) is -0.922. The summed E-state index contributed by atoms with van der Waals surface area (Å²) in [4.78, 5) is 16.2. The fraction of sp³-hybridized carbons (Fsp3) is 0.0909. The van der Waals surface area contributed by atoms with Gasteiger partial charge in [0, 0.05) is 5.69 Å². The van der Waals surface area contributed by atoms with Crippen molar-refractivity contribution in [1.82, 2.24) is 4.98 Å². The van der Waals surface area contributed by atoms with E-state index < -0.39 is 5.82 Å². The quantitative estimate of drug-likeness (QED) is 0.805. The fourth-order valence-corrected chi connectivity index (χ4v) is 2.03. The summed E-state index contributed by atoms with van der Waals surface area (Å²) in [6, 6.07) is 4.12. The second-order valence-corrected chi connectivity index (χ2v) is 4.32. The highest BCUT2D eigenvalue weighted by atomic mass is 32.1. The largest absolute Gasteiger partial charge is 0.399 e. The predicted molar refractivity (Wildman–Crippen MR) is 65.6 cm³/mol. The maximum atomic E-state index is 13.4. The first-order valence-electron chi connectivity index (χ1n) is 4.84. The molecule has 4 nitrogen and oxygen atoms in total. The van der Waals surface area contributed by atoms with E-state index in [2.05, 4.69) is 10.3 Å². The van der Waals surface area contributed by atoms with Crippen LogP contribution in [0.3, 0.4) is 0 Å². The Balaban J connectivity index is 2.22. The number of benzene rings is 1. The third-order valence-corrected chi connectivity index (χ3v) is 3.12. The van der Waals surface area contributed by atoms with Gasteiger partial charge in [0.05, 0.1) is 16.9 Å². The van der Waals surface area contributed by atoms with E-state index in [1.807, 2.05) is 0 Å². The second-order valence-electron chi connectivity index (χ2n) is 3.46. The number of anilines is 2. The molecule has 1 amide bonds. The van der Waals surface area contributed by atoms with E-state index in [-0.39, 0.29) is 11.6 Å². The van der Waals surface area contributed by atoms with Gasteiger partial charge in [-0.25, -0.2) is 9.37 Å². The van der Waals surface area contributed by atoms with Crippen LogP contribution in [0.1, 0.15) is 15.4 Å². The molecule has 0 radical (unpaired) electrons. The van der Waals surface area contributed by atoms with Gasteiger partial charge < -0.3 is 11.1 Å². The van der Waals surface area contributed by atoms with Gasteiger partial charge in [-0.3, -0.25) is 4.79 Å². The van der Waals surface area contributed by atoms with E-state index in [4.69, 9.17) is 5.73 Å². The topological polar surface area (TPSA) is 68.0 Å². The van der Waals surface area contributed by atoms with Crippen LogP contribution in [-0.4, -0.2) is 10.9 Å². The first-order valence-corrected chi connectivity index (χ1v) is 5.72. The average Bonchev–Trinajstić information content (AvgIpc) is 2.68. The van der Waals surface area contributed by atoms with Gasteiger partial charge in [0.1, 0.15) is 10.7 Å². The molecule has 1 aromatic carbocycles. The monoisotopic (exact) mass is 251 g/mol. The maximum Gasteiger partial charge on any atom is 0.267 e. The van der Waals surface area contributed by atoms with Crippen molar-refractivity contribution < 1.29 is 9.18 Å². The van der Waals surface area contributed by atoms with Crippen molar-refractivity contribution in [2.75, 3.05) is 11.1 Å². The molecule has 88 valence electrons. The van der Waals surface area contributed by atoms with Crippen LogP contribution in [0.5, 0.6) is 0 Å². The number of amides is 1. The van der Waals surface area contributed by atoms with E-state index in [1.54, 1.807) is 12.4 Å². The summed E-state index contributed by atoms with van der Waals surface area (Å²) in [6.07, 6.45) is 0. The van der Waals surface area contributed by atoms with Gasteiger partial charge in [-0.05, 0) is 25.1 Å². The first kappa shape index (κ1) is 11.5. The SMILES string of the molecule is Cc1ncsc1C(=O)Nc1ccc(N)cc1F. The minimum atomic E-state index is -0.555. The van der Waals surface area contributed by atoms with Crippen LogP contribution < -0.4 is 11.1 Å². The molecule has 3 N–H and O–H groups in total. The highest BCUT2D eigenvalue weighted by molar-refractivity contribution is 7.12. The van der Waals surface area contributed by atoms with Crippen molar-refractivity contribution in [3.63, 3.8) is 0 Å². The minimum absolute atomic E-state index is 0.108. The standard InChI is InChI=1S/C11H10FN3OS/c1-6-10(17-5-14-6)11(16)15-9-3-2-7(13)4-8(9)12/h2-5H,13H2,1H3,(H,15,16). The predicted octanol–water partition coefficient (Wildman–Crippen LogP) is 2.43. The van der Waals surface area contributed by atoms with Crippen LogP contribution in [-0.2, 0) is 0 Å². The van der Waals surface area contributed by atoms with Crippen molar-refractivity contribution in [2.45, 2.75) is 6.92 Å². The highest BCUT2D eigenvalue weighted by Gasteiger charge is 2.13. The molecule has 0 atom stereocenters. The molecule has 0 saturated heterocycles. The summed E-state index contributed by atoms with van der Waals surface area (Å²) in [5, 5.41) is 2.48. The van der Waals surface area contributed by atoms with E-state index in [0.717, 1.165) is 6.07 Å². The van der Waals surface area contributed by atoms with Gasteiger partial charge in [-0.2, -0.15) is 0 Å². The fourth-order valence-electron chi connectivity index (χ4n) is 1.33. The normalized spacial score (nSPS) is 10.2. The third-order valence-electron chi connectivity index (χ3n) is 2.19. The lowest BCUT2D eigenvalue weighted by atomic mass is 10.2. The number of halogens is 1. The number of nitrogens with zero attached hydrogens (tertiary/aromatic N) is 1. The molecule has 0 bridgehead atoms. The van der Waals surface area contributed by atoms with E-state index in [0.29, 0.717) is 16.3 Å². The molecular weight excluding hydrogens is 241 g/mol. The molecule has 1 heterocycles. The molecule has 0 aliphatic heterocycles. The number of rotatable bonds is 2. The Morgan fingerprint density at radius 1 is 1.53 bits per heavy atom. The Bertz CT molecular complexity index is 568. The molecule has 1 aromatic heterocycles. The lowest BCUT2D eigenvalue weighted by Gasteiger charge is -2.05. The number of nitrogens with one attached hydrogen (secondary N) is 1. The summed E-state index contributed by atoms with van der Waals surface area (Å²) in [5.41, 5.74) is 8.04. The van der Waals surface area contributed by atoms with E-state index in [1.165, 1.54) is 23.5 Å². The van der Waals surface area contributed by atoms with Crippen LogP contribution in [0, 0.1) is 12.7 Å². The number of aryl methyl sites for hydroxylation is 1. The Kier molecular flexibility index (Phi) is 3.06. The van der Waals surface area contributed by atoms with Crippen molar-refractivity contribution in [2.24, 2.45) is 0 Å². The molecule has 0 aliphatic carbocycles. The summed E-state index contributed by atoms with van der Waals surface area (Å²) in [7, 11) is 0. The molecule has 0 unspecified atom stereocenters. The third kappa shape index (κ3) is 2.42. The number of carbonyl (C=O) groups is 1. The van der Waals surface area contributed by atoms with Gasteiger partial charge in [-0.15, -0.1) is 11.3 Å². The molecule has 0 saturated carbocycles. The number of carbonyl (C=O) groups excluding carboxylic acids is 1. The van der Waals surface area contributed by atoms with Gasteiger partial charge in [-0.1, -0.05) is 0 Å². The molecule has 6 heteroatoms. The zero-order chi connectivity index (χ0) is 12.4. The second kappa shape index (κ2) is 4.50. The number of thiazole rings is 1. The van der Waals surface area contributed by atoms with Crippen molar-refractivity contribution in [3.05, 3.63) is 40.1 Å². The Hall–Kier alpha value is -1.95. The van der Waals surface area contributed by atoms with Gasteiger partial charge in [0.2, 0.25) is 0 Å². The number of nitrogens with two attached hydrogens (primary N) is 1. The molecule has 0 fully saturated rings. The van der Waals surface area contributed by atoms with Crippen LogP contribution in [0.15, 0.2) is 23.7 Å². The summed E-state index contributed by atoms with van der Waals surface area (Å²) < 4.78 is 13.4. The van der Waals surface area contributed by atoms with Crippen molar-refractivity contribution in [1.29, 1.82) is 0 Å². The zero-order valence-corrected chi connectivity index (χ0v) is 9.84. The number of aromatic nitrogens is 1. The van der Waals surface area contributed by atoms with Gasteiger partial charge in [0.25, 0.3) is 5.91 Å². The molecule has 0 spiro atoms. The van der Waals surface area contributed by atoms with Crippen molar-refractivity contribution >= 4 is 28.6 Å². The van der Waals surface area contributed by atoms with Crippen LogP contribution in [0.25, 0.3) is 0 Å². The van der Waals surface area contributed by atoms with E-state index in [9.17, 15) is 9.18 Å². The van der Waals surface area contributed by atoms with Gasteiger partial charge in [0.15, 0.2) is 0 Å². The lowest BCUT2D eigenvalue weighted by Crippen LogP contribution is -2.12. The molecule has 0 aliphatic rings. The zero-order valence-electron chi connectivity index (χ0n) is 9.03. The van der Waals surface area contributed by atoms with Gasteiger partial charge >= 0.3 is 0 Å². The minimum Gasteiger partial charge on any atom is -0.399 e. The lowest BCUT2D eigenvalue weighted by molar-refractivity contribution is 0.102. The average molecular weight is 251 g/mol. The molecule has 2 rings (SSSR count). The summed E-state index contributed by atoms with van der Waals surface area (Å²) in [6.45, 7) is 1.73. The number of hydrogen-bond donors (Lipinski definition) is 2. The van der Waals surface area contributed by atoms with E-state index >= 15 is 0 Å². The summed E-state index contributed by atoms with van der Waals surface area (Å²) >= 11 is 1.22. The smallest absolute Gasteiger partial charge is 0.267 e. The van der Waals surface area contributed by atoms with Crippen molar-refractivity contribution in [3.8, 4) is 0 Å². The number of hydrogen-bond acceptors (Lipinski definition) is 4. The number of nitrogen functional groups attached to an aromatic ring is 1. The Labute approximate surface area is 101 Å². The maximum absolute atomic E-state index is 13.4. The first-order chi connectivity index (χ1) is 8.08. The van der Waals surface area contributed by atoms with Crippen LogP contribution in [0.2, 0.25) is 0 Å². The molecule has 2 aromatic rings. The Morgan fingerprint density at radius 2 is 2.29 bits per heavy atom. The highest BCUT2D eigenvalue weighted by Crippen LogP contribution is 2.19. The van der Waals surface area contributed by atoms with Crippen LogP contribution >= 0.6 is 11.3 Å². The Morgan fingerprint density at radius 3 is 2.88 bits per heavy atom. The van der Waals surface area contributed by atoms with Crippen LogP contribution in [0.4, 0.5) is 15.8 Å².